The molecule has 324 valence electrons. The van der Waals surface area contributed by atoms with Gasteiger partial charge in [0, 0.05) is 17.8 Å². The van der Waals surface area contributed by atoms with Gasteiger partial charge in [-0.1, -0.05) is 234 Å². The lowest BCUT2D eigenvalue weighted by Gasteiger charge is -2.44. The van der Waals surface area contributed by atoms with Gasteiger partial charge >= 0.3 is 0 Å². The summed E-state index contributed by atoms with van der Waals surface area (Å²) in [7, 11) is 0. The van der Waals surface area contributed by atoms with Crippen molar-refractivity contribution in [3.8, 4) is 11.1 Å². The third kappa shape index (κ3) is 7.29. The molecule has 0 saturated carbocycles. The number of rotatable bonds is 6. The average Bonchev–Trinajstić information content (AvgIpc) is 3.43. The molecule has 3 unspecified atom stereocenters. The Labute approximate surface area is 382 Å². The van der Waals surface area contributed by atoms with E-state index in [2.05, 4.69) is 219 Å². The molecule has 0 amide bonds. The summed E-state index contributed by atoms with van der Waals surface area (Å²) in [5.74, 6) is 0.738. The molecule has 6 aromatic rings. The van der Waals surface area contributed by atoms with E-state index in [9.17, 15) is 0 Å². The van der Waals surface area contributed by atoms with Crippen molar-refractivity contribution in [3.63, 3.8) is 0 Å². The third-order valence-corrected chi connectivity index (χ3v) is 16.6. The molecule has 0 N–H and O–H groups in total. The molecule has 0 nitrogen and oxygen atoms in total. The van der Waals surface area contributed by atoms with Crippen LogP contribution in [0.1, 0.15) is 201 Å². The molecular formula is C62H73B. The molecule has 1 heteroatoms. The molecule has 0 radical (unpaired) electrons. The number of aryl methyl sites for hydroxylation is 1. The second-order valence-corrected chi connectivity index (χ2v) is 24.0. The summed E-state index contributed by atoms with van der Waals surface area (Å²) in [4.78, 5) is 0. The quantitative estimate of drug-likeness (QED) is 0.147. The summed E-state index contributed by atoms with van der Waals surface area (Å²) in [6, 6.07) is 45.8. The van der Waals surface area contributed by atoms with Crippen LogP contribution in [0.15, 0.2) is 115 Å². The maximum absolute atomic E-state index is 2.74. The van der Waals surface area contributed by atoms with E-state index in [1.54, 1.807) is 11.1 Å². The SMILES string of the molecule is Cc1cc(C(C)c2ccccc2)cc2c1B(c1cc3c(cc1C(C)c1ccc(C(C)(C)C)cc1-c1ccccc1)C(C)(C)CC3(C)C)c1cc3c(cc1C2C)C(C)(C)CCC3(C)C. The zero-order valence-electron chi connectivity index (χ0n) is 41.4. The van der Waals surface area contributed by atoms with Gasteiger partial charge in [-0.2, -0.15) is 0 Å². The molecule has 1 heterocycles. The summed E-state index contributed by atoms with van der Waals surface area (Å²) >= 11 is 0. The fourth-order valence-corrected chi connectivity index (χ4v) is 12.8. The van der Waals surface area contributed by atoms with Gasteiger partial charge in [-0.05, 0) is 126 Å². The lowest BCUT2D eigenvalue weighted by molar-refractivity contribution is 0.332. The van der Waals surface area contributed by atoms with Crippen LogP contribution >= 0.6 is 0 Å². The van der Waals surface area contributed by atoms with Gasteiger partial charge in [0.05, 0.1) is 0 Å². The monoisotopic (exact) mass is 829 g/mol. The molecule has 2 aliphatic carbocycles. The first-order valence-corrected chi connectivity index (χ1v) is 24.3. The van der Waals surface area contributed by atoms with Crippen LogP contribution in [-0.2, 0) is 27.1 Å². The maximum Gasteiger partial charge on any atom is 0.242 e. The molecule has 1 aliphatic heterocycles. The molecule has 0 bridgehead atoms. The maximum atomic E-state index is 2.74. The highest BCUT2D eigenvalue weighted by molar-refractivity contribution is 6.97. The molecule has 6 aromatic carbocycles. The molecule has 0 aromatic heterocycles. The van der Waals surface area contributed by atoms with Crippen molar-refractivity contribution in [3.05, 3.63) is 182 Å². The van der Waals surface area contributed by atoms with Crippen LogP contribution in [0.5, 0.6) is 0 Å². The summed E-state index contributed by atoms with van der Waals surface area (Å²) in [6.45, 7) is 37.0. The number of benzene rings is 6. The summed E-state index contributed by atoms with van der Waals surface area (Å²) < 4.78 is 0. The minimum atomic E-state index is 0.0434. The normalized spacial score (nSPS) is 20.0. The highest BCUT2D eigenvalue weighted by atomic mass is 14.5. The molecule has 0 saturated heterocycles. The summed E-state index contributed by atoms with van der Waals surface area (Å²) in [6.07, 6.45) is 3.57. The Kier molecular flexibility index (Phi) is 10.4. The second-order valence-electron chi connectivity index (χ2n) is 24.0. The first-order chi connectivity index (χ1) is 29.5. The van der Waals surface area contributed by atoms with Crippen molar-refractivity contribution in [2.45, 2.75) is 168 Å². The molecule has 3 atom stereocenters. The lowest BCUT2D eigenvalue weighted by atomic mass is 9.30. The highest BCUT2D eigenvalue weighted by Gasteiger charge is 2.47. The van der Waals surface area contributed by atoms with Crippen LogP contribution in [0.4, 0.5) is 0 Å². The largest absolute Gasteiger partial charge is 0.242 e. The molecule has 0 fully saturated rings. The Morgan fingerprint density at radius 3 is 1.71 bits per heavy atom. The Hall–Kier alpha value is -4.62. The smallest absolute Gasteiger partial charge is 0.0646 e. The van der Waals surface area contributed by atoms with Gasteiger partial charge in [-0.3, -0.25) is 0 Å². The predicted octanol–water partition coefficient (Wildman–Crippen LogP) is 14.6. The lowest BCUT2D eigenvalue weighted by Crippen LogP contribution is -2.60. The van der Waals surface area contributed by atoms with Crippen LogP contribution in [0.2, 0.25) is 0 Å². The molecule has 63 heavy (non-hydrogen) atoms. The summed E-state index contributed by atoms with van der Waals surface area (Å²) in [5, 5.41) is 0. The van der Waals surface area contributed by atoms with E-state index in [1.807, 2.05) is 0 Å². The van der Waals surface area contributed by atoms with E-state index in [-0.39, 0.29) is 45.6 Å². The minimum absolute atomic E-state index is 0.0434. The molecule has 9 rings (SSSR count). The van der Waals surface area contributed by atoms with Crippen LogP contribution in [-0.4, -0.2) is 6.71 Å². The van der Waals surface area contributed by atoms with Crippen LogP contribution in [0.25, 0.3) is 11.1 Å². The Bertz CT molecular complexity index is 2730. The molecular weight excluding hydrogens is 755 g/mol. The van der Waals surface area contributed by atoms with E-state index in [0.717, 1.165) is 6.42 Å². The highest BCUT2D eigenvalue weighted by Crippen LogP contribution is 2.51. The predicted molar refractivity (Wildman–Crippen MR) is 274 cm³/mol. The van der Waals surface area contributed by atoms with Crippen molar-refractivity contribution in [2.75, 3.05) is 0 Å². The first kappa shape index (κ1) is 43.6. The van der Waals surface area contributed by atoms with Crippen LogP contribution in [0.3, 0.4) is 0 Å². The van der Waals surface area contributed by atoms with Gasteiger partial charge < -0.3 is 0 Å². The Morgan fingerprint density at radius 2 is 1.10 bits per heavy atom. The van der Waals surface area contributed by atoms with E-state index in [0.29, 0.717) is 5.92 Å². The van der Waals surface area contributed by atoms with Gasteiger partial charge in [-0.25, -0.2) is 0 Å². The van der Waals surface area contributed by atoms with Gasteiger partial charge in [0.1, 0.15) is 0 Å². The zero-order valence-corrected chi connectivity index (χ0v) is 41.4. The van der Waals surface area contributed by atoms with Gasteiger partial charge in [0.15, 0.2) is 0 Å². The van der Waals surface area contributed by atoms with Crippen molar-refractivity contribution >= 4 is 23.1 Å². The van der Waals surface area contributed by atoms with Gasteiger partial charge in [-0.15, -0.1) is 0 Å². The van der Waals surface area contributed by atoms with E-state index < -0.39 is 0 Å². The molecule has 0 spiro atoms. The van der Waals surface area contributed by atoms with E-state index in [1.165, 1.54) is 96.0 Å². The van der Waals surface area contributed by atoms with Crippen molar-refractivity contribution in [2.24, 2.45) is 0 Å². The van der Waals surface area contributed by atoms with Crippen molar-refractivity contribution < 1.29 is 0 Å². The fraction of sp³-hybridized carbons (Fsp3) is 0.419. The number of fused-ring (bicyclic) bond motifs is 4. The van der Waals surface area contributed by atoms with E-state index >= 15 is 0 Å². The standard InChI is InChI=1S/C62H73B/c1-38-30-44(39(2)42-22-18-16-19-23-42)31-49-41(4)48-33-51-53(60(10,11)29-28-59(51,8)9)35-55(48)63(57(38)49)56-36-54-52(61(12,13)37-62(54,14)15)34-47(56)40(3)46-27-26-45(58(5,6)7)32-50(46)43-24-20-17-21-25-43/h16-27,30-36,39-41H,28-29,37H2,1-15H3. The van der Waals surface area contributed by atoms with Crippen molar-refractivity contribution in [1.29, 1.82) is 0 Å². The Balaban J connectivity index is 1.37. The van der Waals surface area contributed by atoms with Gasteiger partial charge in [0.25, 0.3) is 0 Å². The average molecular weight is 829 g/mol. The topological polar surface area (TPSA) is 0 Å². The minimum Gasteiger partial charge on any atom is -0.0646 e. The van der Waals surface area contributed by atoms with Crippen LogP contribution < -0.4 is 16.4 Å². The first-order valence-electron chi connectivity index (χ1n) is 24.3. The molecule has 3 aliphatic rings. The summed E-state index contributed by atoms with van der Waals surface area (Å²) in [5.41, 5.74) is 25.4. The number of hydrogen-bond donors (Lipinski definition) is 0. The Morgan fingerprint density at radius 1 is 0.540 bits per heavy atom. The van der Waals surface area contributed by atoms with E-state index in [4.69, 9.17) is 0 Å². The third-order valence-electron chi connectivity index (χ3n) is 16.6. The van der Waals surface area contributed by atoms with Crippen molar-refractivity contribution in [1.82, 2.24) is 0 Å². The zero-order chi connectivity index (χ0) is 45.2. The number of hydrogen-bond acceptors (Lipinski definition) is 0. The second kappa shape index (κ2) is 15.0. The fourth-order valence-electron chi connectivity index (χ4n) is 12.8. The van der Waals surface area contributed by atoms with Gasteiger partial charge in [0.2, 0.25) is 6.71 Å². The van der Waals surface area contributed by atoms with Crippen LogP contribution in [0, 0.1) is 6.92 Å².